The van der Waals surface area contributed by atoms with Gasteiger partial charge in [0, 0.05) is 12.8 Å². The molecule has 0 fully saturated rings. The predicted molar refractivity (Wildman–Crippen MR) is 90.0 cm³/mol. The first-order valence-corrected chi connectivity index (χ1v) is 8.42. The second-order valence-corrected chi connectivity index (χ2v) is 5.58. The van der Waals surface area contributed by atoms with Crippen molar-refractivity contribution in [3.05, 3.63) is 17.7 Å². The highest BCUT2D eigenvalue weighted by atomic mass is 32.2. The van der Waals surface area contributed by atoms with Gasteiger partial charge in [-0.25, -0.2) is 14.3 Å². The van der Waals surface area contributed by atoms with Crippen molar-refractivity contribution in [2.75, 3.05) is 19.5 Å². The second kappa shape index (κ2) is 10.5. The normalized spacial score (nSPS) is 11.0. The molecular weight excluding hydrogens is 316 g/mol. The summed E-state index contributed by atoms with van der Waals surface area (Å²) in [5.41, 5.74) is 1.60. The summed E-state index contributed by atoms with van der Waals surface area (Å²) in [6, 6.07) is 0. The summed E-state index contributed by atoms with van der Waals surface area (Å²) in [6.07, 6.45) is 4.71. The quantitative estimate of drug-likeness (QED) is 0.195. The average Bonchev–Trinajstić information content (AvgIpc) is 2.91. The molecule has 0 bridgehead atoms. The molecule has 0 aliphatic heterocycles. The number of rotatable bonds is 7. The number of imidazole rings is 1. The molecule has 23 heavy (non-hydrogen) atoms. The fraction of sp³-hybridized carbons (Fsp3) is 0.571. The van der Waals surface area contributed by atoms with Gasteiger partial charge in [0.25, 0.3) is 0 Å². The first kappa shape index (κ1) is 18.8. The smallest absolute Gasteiger partial charge is 0.419 e. The highest BCUT2D eigenvalue weighted by Crippen LogP contribution is 2.15. The van der Waals surface area contributed by atoms with Crippen LogP contribution in [0.25, 0.3) is 0 Å². The Morgan fingerprint density at radius 2 is 2.39 bits per heavy atom. The van der Waals surface area contributed by atoms with Crippen molar-refractivity contribution in [2.45, 2.75) is 32.4 Å². The van der Waals surface area contributed by atoms with E-state index < -0.39 is 6.09 Å². The van der Waals surface area contributed by atoms with Crippen LogP contribution in [0.4, 0.5) is 4.79 Å². The Morgan fingerprint density at radius 1 is 1.61 bits per heavy atom. The average molecular weight is 338 g/mol. The van der Waals surface area contributed by atoms with E-state index in [0.29, 0.717) is 24.2 Å². The largest absolute Gasteiger partial charge is 0.449 e. The van der Waals surface area contributed by atoms with Crippen LogP contribution in [-0.4, -0.2) is 41.1 Å². The van der Waals surface area contributed by atoms with Crippen LogP contribution in [0.3, 0.4) is 0 Å². The summed E-state index contributed by atoms with van der Waals surface area (Å²) in [6.45, 7) is 4.31. The maximum Gasteiger partial charge on any atom is 0.419 e. The van der Waals surface area contributed by atoms with Gasteiger partial charge in [0.05, 0.1) is 23.9 Å². The van der Waals surface area contributed by atoms with Crippen molar-refractivity contribution in [3.8, 4) is 6.19 Å². The van der Waals surface area contributed by atoms with Gasteiger partial charge < -0.3 is 10.1 Å². The molecular formula is C14H22N6O2S. The second-order valence-electron chi connectivity index (χ2n) is 4.59. The number of aliphatic imine (C=N–C) groups is 1. The first-order chi connectivity index (χ1) is 11.1. The Labute approximate surface area is 140 Å². The fourth-order valence-electron chi connectivity index (χ4n) is 1.67. The van der Waals surface area contributed by atoms with Gasteiger partial charge in [0.2, 0.25) is 5.96 Å². The third-order valence-corrected chi connectivity index (χ3v) is 3.80. The third kappa shape index (κ3) is 6.20. The summed E-state index contributed by atoms with van der Waals surface area (Å²) >= 11 is 1.54. The molecule has 126 valence electrons. The number of ether oxygens (including phenoxy) is 1. The number of nitriles is 1. The van der Waals surface area contributed by atoms with Crippen LogP contribution in [0.2, 0.25) is 0 Å². The lowest BCUT2D eigenvalue weighted by molar-refractivity contribution is 0.145. The summed E-state index contributed by atoms with van der Waals surface area (Å²) in [5, 5.41) is 14.0. The maximum atomic E-state index is 12.0. The number of guanidine groups is 1. The number of hydrogen-bond donors (Lipinski definition) is 2. The van der Waals surface area contributed by atoms with E-state index in [-0.39, 0.29) is 0 Å². The van der Waals surface area contributed by atoms with E-state index in [4.69, 9.17) is 10.00 Å². The lowest BCUT2D eigenvalue weighted by atomic mass is 10.4. The summed E-state index contributed by atoms with van der Waals surface area (Å²) in [5.74, 6) is 1.53. The number of aryl methyl sites for hydroxylation is 1. The highest BCUT2D eigenvalue weighted by Gasteiger charge is 2.14. The molecule has 0 aliphatic carbocycles. The SMILES string of the molecule is CCCCOC(=O)n1cnc(C)c1CSCNC(=NC)NC#N. The van der Waals surface area contributed by atoms with Gasteiger partial charge in [-0.2, -0.15) is 5.26 Å². The standard InChI is InChI=1S/C14H22N6O2S/c1-4-5-6-22-14(21)20-9-18-11(2)12(20)7-23-10-19-13(16-3)17-8-15/h9H,4-7,10H2,1-3H3,(H2,16,17,19). The highest BCUT2D eigenvalue weighted by molar-refractivity contribution is 7.98. The first-order valence-electron chi connectivity index (χ1n) is 7.27. The number of hydrogen-bond acceptors (Lipinski definition) is 6. The Hall–Kier alpha value is -2.21. The minimum atomic E-state index is -0.399. The van der Waals surface area contributed by atoms with Crippen molar-refractivity contribution in [3.63, 3.8) is 0 Å². The number of aromatic nitrogens is 2. The van der Waals surface area contributed by atoms with Crippen molar-refractivity contribution < 1.29 is 9.53 Å². The molecule has 0 unspecified atom stereocenters. The minimum absolute atomic E-state index is 0.399. The molecule has 0 radical (unpaired) electrons. The van der Waals surface area contributed by atoms with Crippen molar-refractivity contribution in [1.29, 1.82) is 5.26 Å². The molecule has 0 saturated heterocycles. The number of nitrogens with one attached hydrogen (secondary N) is 2. The number of thioether (sulfide) groups is 1. The lowest BCUT2D eigenvalue weighted by Crippen LogP contribution is -2.34. The summed E-state index contributed by atoms with van der Waals surface area (Å²) < 4.78 is 6.66. The summed E-state index contributed by atoms with van der Waals surface area (Å²) in [7, 11) is 1.59. The van der Waals surface area contributed by atoms with Gasteiger partial charge in [0.15, 0.2) is 6.19 Å². The molecule has 9 heteroatoms. The molecule has 0 aromatic carbocycles. The van der Waals surface area contributed by atoms with Crippen LogP contribution in [-0.2, 0) is 10.5 Å². The molecule has 1 heterocycles. The van der Waals surface area contributed by atoms with Gasteiger partial charge >= 0.3 is 6.09 Å². The third-order valence-electron chi connectivity index (χ3n) is 2.97. The van der Waals surface area contributed by atoms with Crippen LogP contribution >= 0.6 is 11.8 Å². The van der Waals surface area contributed by atoms with Gasteiger partial charge in [-0.1, -0.05) is 13.3 Å². The number of carbonyl (C=O) groups is 1. The fourth-order valence-corrected chi connectivity index (χ4v) is 2.55. The molecule has 1 aromatic rings. The zero-order valence-corrected chi connectivity index (χ0v) is 14.4. The van der Waals surface area contributed by atoms with Crippen LogP contribution in [0.5, 0.6) is 0 Å². The molecule has 1 aromatic heterocycles. The van der Waals surface area contributed by atoms with E-state index in [2.05, 4.69) is 20.6 Å². The maximum absolute atomic E-state index is 12.0. The van der Waals surface area contributed by atoms with E-state index in [1.165, 1.54) is 10.9 Å². The Balaban J connectivity index is 2.52. The molecule has 8 nitrogen and oxygen atoms in total. The molecule has 0 amide bonds. The van der Waals surface area contributed by atoms with E-state index >= 15 is 0 Å². The molecule has 0 spiro atoms. The minimum Gasteiger partial charge on any atom is -0.449 e. The Bertz CT molecular complexity index is 578. The zero-order valence-electron chi connectivity index (χ0n) is 13.6. The van der Waals surface area contributed by atoms with Crippen molar-refractivity contribution in [2.24, 2.45) is 4.99 Å². The monoisotopic (exact) mass is 338 g/mol. The van der Waals surface area contributed by atoms with E-state index in [9.17, 15) is 4.79 Å². The van der Waals surface area contributed by atoms with Crippen LogP contribution in [0, 0.1) is 18.4 Å². The predicted octanol–water partition coefficient (Wildman–Crippen LogP) is 1.81. The van der Waals surface area contributed by atoms with E-state index in [1.807, 2.05) is 13.8 Å². The Morgan fingerprint density at radius 3 is 3.04 bits per heavy atom. The molecule has 0 aliphatic rings. The van der Waals surface area contributed by atoms with E-state index in [1.54, 1.807) is 25.0 Å². The molecule has 0 atom stereocenters. The molecule has 0 saturated carbocycles. The lowest BCUT2D eigenvalue weighted by Gasteiger charge is -2.10. The van der Waals surface area contributed by atoms with Crippen LogP contribution < -0.4 is 10.6 Å². The Kier molecular flexibility index (Phi) is 8.60. The summed E-state index contributed by atoms with van der Waals surface area (Å²) in [4.78, 5) is 20.1. The van der Waals surface area contributed by atoms with Crippen molar-refractivity contribution >= 4 is 23.8 Å². The zero-order chi connectivity index (χ0) is 17.1. The van der Waals surface area contributed by atoms with E-state index in [0.717, 1.165) is 24.2 Å². The van der Waals surface area contributed by atoms with Gasteiger partial charge in [-0.3, -0.25) is 10.3 Å². The van der Waals surface area contributed by atoms with Crippen LogP contribution in [0.15, 0.2) is 11.3 Å². The number of carbonyl (C=O) groups excluding carboxylic acids is 1. The number of unbranched alkanes of at least 4 members (excludes halogenated alkanes) is 1. The van der Waals surface area contributed by atoms with Crippen molar-refractivity contribution in [1.82, 2.24) is 20.2 Å². The van der Waals surface area contributed by atoms with Crippen LogP contribution in [0.1, 0.15) is 31.2 Å². The molecule has 2 N–H and O–H groups in total. The molecule has 1 rings (SSSR count). The van der Waals surface area contributed by atoms with Gasteiger partial charge in [-0.15, -0.1) is 11.8 Å². The van der Waals surface area contributed by atoms with Gasteiger partial charge in [-0.05, 0) is 13.3 Å². The number of nitrogens with zero attached hydrogens (tertiary/aromatic N) is 4. The topological polar surface area (TPSA) is 104 Å². The van der Waals surface area contributed by atoms with Gasteiger partial charge in [0.1, 0.15) is 6.33 Å².